The molecule has 0 atom stereocenters. The van der Waals surface area contributed by atoms with E-state index in [0.717, 1.165) is 37.1 Å². The lowest BCUT2D eigenvalue weighted by atomic mass is 10.0. The fourth-order valence-corrected chi connectivity index (χ4v) is 4.16. The van der Waals surface area contributed by atoms with Crippen molar-refractivity contribution in [3.63, 3.8) is 0 Å². The first-order chi connectivity index (χ1) is 16.5. The quantitative estimate of drug-likeness (QED) is 0.292. The lowest BCUT2D eigenvalue weighted by Gasteiger charge is -2.17. The predicted molar refractivity (Wildman–Crippen MR) is 117 cm³/mol. The molecule has 35 heavy (non-hydrogen) atoms. The number of thioether (sulfide) groups is 1. The van der Waals surface area contributed by atoms with Gasteiger partial charge >= 0.3 is 12.4 Å². The highest BCUT2D eigenvalue weighted by Crippen LogP contribution is 2.36. The third-order valence-corrected chi connectivity index (χ3v) is 6.05. The molecular weight excluding hydrogens is 498 g/mol. The van der Waals surface area contributed by atoms with E-state index in [1.165, 1.54) is 16.4 Å². The van der Waals surface area contributed by atoms with Crippen molar-refractivity contribution in [3.8, 4) is 0 Å². The summed E-state index contributed by atoms with van der Waals surface area (Å²) in [6.45, 7) is 1.73. The van der Waals surface area contributed by atoms with Crippen LogP contribution in [-0.2, 0) is 18.9 Å². The molecule has 0 unspecified atom stereocenters. The highest BCUT2D eigenvalue weighted by Gasteiger charge is 2.37. The van der Waals surface area contributed by atoms with Crippen molar-refractivity contribution < 1.29 is 31.1 Å². The zero-order chi connectivity index (χ0) is 25.4. The molecule has 1 N–H and O–H groups in total. The van der Waals surface area contributed by atoms with E-state index in [9.17, 15) is 31.1 Å². The Morgan fingerprint density at radius 2 is 1.66 bits per heavy atom. The molecule has 1 aliphatic heterocycles. The predicted octanol–water partition coefficient (Wildman–Crippen LogP) is 4.62. The summed E-state index contributed by atoms with van der Waals surface area (Å²) in [5, 5.41) is 7.92. The Hall–Kier alpha value is -3.03. The van der Waals surface area contributed by atoms with E-state index in [0.29, 0.717) is 22.9 Å². The van der Waals surface area contributed by atoms with Crippen LogP contribution in [-0.4, -0.2) is 51.5 Å². The number of anilines is 1. The monoisotopic (exact) mass is 518 g/mol. The van der Waals surface area contributed by atoms with E-state index in [1.54, 1.807) is 6.20 Å². The number of benzene rings is 1. The highest BCUT2D eigenvalue weighted by atomic mass is 32.2. The number of carbonyl (C=O) groups is 1. The van der Waals surface area contributed by atoms with Crippen LogP contribution in [0.2, 0.25) is 0 Å². The first kappa shape index (κ1) is 25.1. The minimum Gasteiger partial charge on any atom is -0.356 e. The number of aromatic nitrogens is 4. The Bertz CT molecular complexity index is 1200. The Kier molecular flexibility index (Phi) is 6.84. The summed E-state index contributed by atoms with van der Waals surface area (Å²) in [5.74, 6) is -0.300. The van der Waals surface area contributed by atoms with Gasteiger partial charge in [-0.25, -0.2) is 14.6 Å². The summed E-state index contributed by atoms with van der Waals surface area (Å²) in [6.07, 6.45) is -4.53. The molecule has 0 aliphatic carbocycles. The van der Waals surface area contributed by atoms with Crippen LogP contribution < -0.4 is 10.2 Å². The van der Waals surface area contributed by atoms with Gasteiger partial charge < -0.3 is 10.2 Å². The fraction of sp³-hybridized carbons (Fsp3) is 0.429. The van der Waals surface area contributed by atoms with Crippen molar-refractivity contribution in [2.24, 2.45) is 0 Å². The van der Waals surface area contributed by atoms with Crippen molar-refractivity contribution in [1.29, 1.82) is 0 Å². The van der Waals surface area contributed by atoms with Crippen LogP contribution in [0.1, 0.15) is 34.3 Å². The number of halogens is 6. The molecule has 14 heteroatoms. The SMILES string of the molecule is CSc1nc(N2CCCC2)c2cnn(CCNC(=O)c3cc(C(F)(F)F)cc(C(F)(F)F)c3)c2n1. The van der Waals surface area contributed by atoms with E-state index in [-0.39, 0.29) is 19.2 Å². The average Bonchev–Trinajstić information content (AvgIpc) is 3.47. The van der Waals surface area contributed by atoms with E-state index < -0.39 is 35.0 Å². The molecule has 3 heterocycles. The molecule has 0 bridgehead atoms. The molecule has 0 spiro atoms. The summed E-state index contributed by atoms with van der Waals surface area (Å²) in [7, 11) is 0. The van der Waals surface area contributed by atoms with Gasteiger partial charge in [-0.15, -0.1) is 0 Å². The van der Waals surface area contributed by atoms with E-state index in [1.807, 2.05) is 6.26 Å². The summed E-state index contributed by atoms with van der Waals surface area (Å²) >= 11 is 1.36. The Labute approximate surface area is 199 Å². The summed E-state index contributed by atoms with van der Waals surface area (Å²) in [6, 6.07) is 0.774. The molecule has 0 radical (unpaired) electrons. The standard InChI is InChI=1S/C21H20F6N6OS/c1-35-19-30-16(32-5-2-3-6-32)15-11-29-33(17(15)31-19)7-4-28-18(34)12-8-13(20(22,23)24)10-14(9-12)21(25,26)27/h8-11H,2-7H2,1H3,(H,28,34). The molecule has 1 saturated heterocycles. The van der Waals surface area contributed by atoms with Gasteiger partial charge in [0.2, 0.25) is 0 Å². The lowest BCUT2D eigenvalue weighted by molar-refractivity contribution is -0.143. The van der Waals surface area contributed by atoms with Crippen LogP contribution in [0.25, 0.3) is 11.0 Å². The van der Waals surface area contributed by atoms with Crippen LogP contribution in [0.3, 0.4) is 0 Å². The number of nitrogens with one attached hydrogen (secondary N) is 1. The first-order valence-corrected chi connectivity index (χ1v) is 11.8. The smallest absolute Gasteiger partial charge is 0.356 e. The van der Waals surface area contributed by atoms with Crippen LogP contribution in [0.15, 0.2) is 29.6 Å². The second-order valence-electron chi connectivity index (χ2n) is 7.88. The molecular formula is C21H20F6N6OS. The Morgan fingerprint density at radius 3 is 2.23 bits per heavy atom. The number of nitrogens with zero attached hydrogens (tertiary/aromatic N) is 5. The molecule has 188 valence electrons. The second kappa shape index (κ2) is 9.55. The number of hydrogen-bond acceptors (Lipinski definition) is 6. The van der Waals surface area contributed by atoms with Gasteiger partial charge in [0.15, 0.2) is 10.8 Å². The van der Waals surface area contributed by atoms with Crippen molar-refractivity contribution >= 4 is 34.5 Å². The maximum atomic E-state index is 13.1. The average molecular weight is 518 g/mol. The van der Waals surface area contributed by atoms with Crippen molar-refractivity contribution in [2.45, 2.75) is 36.9 Å². The summed E-state index contributed by atoms with van der Waals surface area (Å²) in [5.41, 5.74) is -3.31. The number of alkyl halides is 6. The van der Waals surface area contributed by atoms with Gasteiger partial charge in [0.25, 0.3) is 5.91 Å². The molecule has 0 saturated carbocycles. The van der Waals surface area contributed by atoms with Gasteiger partial charge in [-0.2, -0.15) is 31.4 Å². The largest absolute Gasteiger partial charge is 0.416 e. The molecule has 7 nitrogen and oxygen atoms in total. The van der Waals surface area contributed by atoms with E-state index >= 15 is 0 Å². The Balaban J connectivity index is 1.53. The number of amides is 1. The third-order valence-electron chi connectivity index (χ3n) is 5.50. The minimum absolute atomic E-state index is 0.0202. The molecule has 1 fully saturated rings. The third kappa shape index (κ3) is 5.46. The first-order valence-electron chi connectivity index (χ1n) is 10.6. The zero-order valence-corrected chi connectivity index (χ0v) is 19.2. The van der Waals surface area contributed by atoms with E-state index in [4.69, 9.17) is 0 Å². The highest BCUT2D eigenvalue weighted by molar-refractivity contribution is 7.98. The summed E-state index contributed by atoms with van der Waals surface area (Å²) in [4.78, 5) is 23.6. The zero-order valence-electron chi connectivity index (χ0n) is 18.4. The van der Waals surface area contributed by atoms with Gasteiger partial charge in [0, 0.05) is 25.2 Å². The number of hydrogen-bond donors (Lipinski definition) is 1. The van der Waals surface area contributed by atoms with Gasteiger partial charge in [0.1, 0.15) is 5.82 Å². The molecule has 4 rings (SSSR count). The molecule has 1 aromatic carbocycles. The normalized spacial score (nSPS) is 14.7. The number of carbonyl (C=O) groups excluding carboxylic acids is 1. The lowest BCUT2D eigenvalue weighted by Crippen LogP contribution is -2.28. The van der Waals surface area contributed by atoms with Crippen molar-refractivity contribution in [2.75, 3.05) is 30.8 Å². The summed E-state index contributed by atoms with van der Waals surface area (Å²) < 4.78 is 79.9. The van der Waals surface area contributed by atoms with Crippen LogP contribution in [0, 0.1) is 0 Å². The van der Waals surface area contributed by atoms with Crippen molar-refractivity contribution in [1.82, 2.24) is 25.1 Å². The Morgan fingerprint density at radius 1 is 1.03 bits per heavy atom. The van der Waals surface area contributed by atoms with Gasteiger partial charge in [-0.3, -0.25) is 4.79 Å². The van der Waals surface area contributed by atoms with Crippen molar-refractivity contribution in [3.05, 3.63) is 41.1 Å². The van der Waals surface area contributed by atoms with Crippen LogP contribution in [0.4, 0.5) is 32.2 Å². The minimum atomic E-state index is -5.04. The fourth-order valence-electron chi connectivity index (χ4n) is 3.81. The van der Waals surface area contributed by atoms with E-state index in [2.05, 4.69) is 25.3 Å². The molecule has 1 amide bonds. The number of fused-ring (bicyclic) bond motifs is 1. The molecule has 2 aromatic heterocycles. The van der Waals surface area contributed by atoms with Crippen LogP contribution >= 0.6 is 11.8 Å². The van der Waals surface area contributed by atoms with Gasteiger partial charge in [-0.05, 0) is 37.3 Å². The van der Waals surface area contributed by atoms with Gasteiger partial charge in [-0.1, -0.05) is 11.8 Å². The second-order valence-corrected chi connectivity index (χ2v) is 8.66. The van der Waals surface area contributed by atoms with Crippen LogP contribution in [0.5, 0.6) is 0 Å². The number of rotatable bonds is 6. The molecule has 1 aliphatic rings. The molecule has 3 aromatic rings. The maximum Gasteiger partial charge on any atom is 0.416 e. The maximum absolute atomic E-state index is 13.1. The topological polar surface area (TPSA) is 75.9 Å². The van der Waals surface area contributed by atoms with Gasteiger partial charge in [0.05, 0.1) is 29.3 Å².